The second-order valence-electron chi connectivity index (χ2n) is 6.33. The van der Waals surface area contributed by atoms with Crippen molar-refractivity contribution in [3.8, 4) is 0 Å². The Morgan fingerprint density at radius 3 is 2.67 bits per heavy atom. The molecule has 0 atom stereocenters. The molecule has 10 heteroatoms. The highest BCUT2D eigenvalue weighted by atomic mass is 127. The van der Waals surface area contributed by atoms with Crippen LogP contribution in [-0.4, -0.2) is 77.3 Å². The number of aromatic nitrogens is 1. The molecule has 1 saturated heterocycles. The van der Waals surface area contributed by atoms with Crippen molar-refractivity contribution in [3.05, 3.63) is 24.4 Å². The van der Waals surface area contributed by atoms with Crippen molar-refractivity contribution in [3.63, 3.8) is 0 Å². The molecule has 0 radical (unpaired) electrons. The summed E-state index contributed by atoms with van der Waals surface area (Å²) in [6.07, 6.45) is 5.06. The zero-order chi connectivity index (χ0) is 18.8. The van der Waals surface area contributed by atoms with E-state index >= 15 is 0 Å². The second kappa shape index (κ2) is 12.3. The fraction of sp³-hybridized carbons (Fsp3) is 0.647. The van der Waals surface area contributed by atoms with Gasteiger partial charge in [-0.2, -0.15) is 0 Å². The number of ether oxygens (including phenoxy) is 1. The maximum Gasteiger partial charge on any atom is 0.191 e. The molecule has 1 aromatic rings. The molecule has 0 unspecified atom stereocenters. The minimum absolute atomic E-state index is 0. The van der Waals surface area contributed by atoms with Gasteiger partial charge in [0, 0.05) is 45.2 Å². The summed E-state index contributed by atoms with van der Waals surface area (Å²) in [5, 5.41) is 6.63. The van der Waals surface area contributed by atoms with Gasteiger partial charge in [0.05, 0.1) is 19.0 Å². The molecule has 8 nitrogen and oxygen atoms in total. The Bertz CT molecular complexity index is 664. The Kier molecular flexibility index (Phi) is 10.9. The lowest BCUT2D eigenvalue weighted by molar-refractivity contribution is 0.154. The summed E-state index contributed by atoms with van der Waals surface area (Å²) < 4.78 is 27.4. The third-order valence-electron chi connectivity index (χ3n) is 4.17. The van der Waals surface area contributed by atoms with E-state index < -0.39 is 9.84 Å². The van der Waals surface area contributed by atoms with Crippen LogP contribution >= 0.6 is 24.0 Å². The van der Waals surface area contributed by atoms with E-state index in [9.17, 15) is 8.42 Å². The Morgan fingerprint density at radius 2 is 2.07 bits per heavy atom. The van der Waals surface area contributed by atoms with E-state index in [1.165, 1.54) is 6.26 Å². The SMILES string of the molecule is CN=C(NCCOCCS(C)(=O)=O)NC1CCN(c2ccccn2)CC1.I. The number of anilines is 1. The number of nitrogens with one attached hydrogen (secondary N) is 2. The summed E-state index contributed by atoms with van der Waals surface area (Å²) in [5.74, 6) is 1.82. The van der Waals surface area contributed by atoms with Crippen molar-refractivity contribution in [1.82, 2.24) is 15.6 Å². The Morgan fingerprint density at radius 1 is 1.33 bits per heavy atom. The first-order chi connectivity index (χ1) is 12.5. The van der Waals surface area contributed by atoms with Gasteiger partial charge in [0.1, 0.15) is 15.7 Å². The van der Waals surface area contributed by atoms with Crippen LogP contribution in [0.25, 0.3) is 0 Å². The van der Waals surface area contributed by atoms with E-state index in [2.05, 4.69) is 25.5 Å². The number of aliphatic imine (C=N–C) groups is 1. The van der Waals surface area contributed by atoms with Gasteiger partial charge >= 0.3 is 0 Å². The molecular weight excluding hydrogens is 481 g/mol. The van der Waals surface area contributed by atoms with Crippen molar-refractivity contribution < 1.29 is 13.2 Å². The second-order valence-corrected chi connectivity index (χ2v) is 8.59. The van der Waals surface area contributed by atoms with Gasteiger partial charge < -0.3 is 20.3 Å². The summed E-state index contributed by atoms with van der Waals surface area (Å²) in [6, 6.07) is 6.35. The lowest BCUT2D eigenvalue weighted by Gasteiger charge is -2.33. The van der Waals surface area contributed by atoms with Gasteiger partial charge in [-0.05, 0) is 25.0 Å². The monoisotopic (exact) mass is 511 g/mol. The number of rotatable bonds is 8. The minimum Gasteiger partial charge on any atom is -0.379 e. The molecule has 1 aliphatic heterocycles. The molecule has 0 saturated carbocycles. The maximum absolute atomic E-state index is 11.0. The number of halogens is 1. The average Bonchev–Trinajstić information content (AvgIpc) is 2.64. The predicted molar refractivity (Wildman–Crippen MR) is 120 cm³/mol. The molecule has 1 aliphatic rings. The van der Waals surface area contributed by atoms with E-state index in [1.807, 2.05) is 24.4 Å². The number of nitrogens with zero attached hydrogens (tertiary/aromatic N) is 3. The zero-order valence-corrected chi connectivity index (χ0v) is 19.1. The van der Waals surface area contributed by atoms with Crippen LogP contribution in [0.4, 0.5) is 5.82 Å². The molecule has 0 bridgehead atoms. The normalized spacial score (nSPS) is 15.9. The van der Waals surface area contributed by atoms with Crippen molar-refractivity contribution >= 4 is 45.6 Å². The maximum atomic E-state index is 11.0. The highest BCUT2D eigenvalue weighted by Gasteiger charge is 2.20. The van der Waals surface area contributed by atoms with E-state index in [0.717, 1.165) is 37.7 Å². The molecule has 0 amide bonds. The highest BCUT2D eigenvalue weighted by molar-refractivity contribution is 14.0. The fourth-order valence-corrected chi connectivity index (χ4v) is 3.16. The largest absolute Gasteiger partial charge is 0.379 e. The first kappa shape index (κ1) is 23.9. The lowest BCUT2D eigenvalue weighted by atomic mass is 10.1. The van der Waals surface area contributed by atoms with Gasteiger partial charge in [-0.25, -0.2) is 13.4 Å². The number of guanidine groups is 1. The number of sulfone groups is 1. The van der Waals surface area contributed by atoms with E-state index in [4.69, 9.17) is 4.74 Å². The van der Waals surface area contributed by atoms with Crippen LogP contribution < -0.4 is 15.5 Å². The van der Waals surface area contributed by atoms with Crippen molar-refractivity contribution in [2.45, 2.75) is 18.9 Å². The molecule has 0 spiro atoms. The molecule has 1 aromatic heterocycles. The van der Waals surface area contributed by atoms with Crippen LogP contribution in [-0.2, 0) is 14.6 Å². The zero-order valence-electron chi connectivity index (χ0n) is 15.9. The third kappa shape index (κ3) is 9.56. The van der Waals surface area contributed by atoms with Gasteiger partial charge in [0.2, 0.25) is 0 Å². The van der Waals surface area contributed by atoms with Gasteiger partial charge in [-0.3, -0.25) is 4.99 Å². The van der Waals surface area contributed by atoms with Crippen LogP contribution in [0.2, 0.25) is 0 Å². The molecule has 0 aliphatic carbocycles. The van der Waals surface area contributed by atoms with Gasteiger partial charge in [-0.15, -0.1) is 24.0 Å². The first-order valence-corrected chi connectivity index (χ1v) is 10.9. The molecule has 0 aromatic carbocycles. The topological polar surface area (TPSA) is 95.9 Å². The summed E-state index contributed by atoms with van der Waals surface area (Å²) in [7, 11) is -1.23. The average molecular weight is 511 g/mol. The molecule has 27 heavy (non-hydrogen) atoms. The molecule has 1 fully saturated rings. The number of hydrogen-bond donors (Lipinski definition) is 2. The standard InChI is InChI=1S/C17H29N5O3S.HI/c1-18-17(20-9-12-25-13-14-26(2,23)24)21-15-6-10-22(11-7-15)16-5-3-4-8-19-16;/h3-5,8,15H,6-7,9-14H2,1-2H3,(H2,18,20,21);1H. The van der Waals surface area contributed by atoms with Crippen molar-refractivity contribution in [2.75, 3.05) is 56.8 Å². The smallest absolute Gasteiger partial charge is 0.191 e. The Labute approximate surface area is 179 Å². The number of hydrogen-bond acceptors (Lipinski definition) is 6. The quantitative estimate of drug-likeness (QED) is 0.232. The minimum atomic E-state index is -2.97. The molecule has 2 N–H and O–H groups in total. The predicted octanol–water partition coefficient (Wildman–Crippen LogP) is 0.895. The van der Waals surface area contributed by atoms with Crippen LogP contribution in [0.3, 0.4) is 0 Å². The van der Waals surface area contributed by atoms with E-state index in [-0.39, 0.29) is 36.3 Å². The van der Waals surface area contributed by atoms with Gasteiger partial charge in [0.15, 0.2) is 5.96 Å². The first-order valence-electron chi connectivity index (χ1n) is 8.86. The fourth-order valence-electron chi connectivity index (χ4n) is 2.74. The van der Waals surface area contributed by atoms with Crippen molar-refractivity contribution in [2.24, 2.45) is 4.99 Å². The Balaban J connectivity index is 0.00000364. The summed E-state index contributed by atoms with van der Waals surface area (Å²) in [4.78, 5) is 10.9. The number of piperidine rings is 1. The van der Waals surface area contributed by atoms with Gasteiger partial charge in [0.25, 0.3) is 0 Å². The van der Waals surface area contributed by atoms with Crippen LogP contribution in [0.15, 0.2) is 29.4 Å². The molecule has 2 rings (SSSR count). The summed E-state index contributed by atoms with van der Waals surface area (Å²) in [5.41, 5.74) is 0. The number of pyridine rings is 1. The lowest BCUT2D eigenvalue weighted by Crippen LogP contribution is -2.49. The molecule has 2 heterocycles. The summed E-state index contributed by atoms with van der Waals surface area (Å²) in [6.45, 7) is 3.16. The van der Waals surface area contributed by atoms with Crippen molar-refractivity contribution in [1.29, 1.82) is 0 Å². The van der Waals surface area contributed by atoms with Gasteiger partial charge in [-0.1, -0.05) is 6.07 Å². The van der Waals surface area contributed by atoms with E-state index in [0.29, 0.717) is 19.2 Å². The third-order valence-corrected chi connectivity index (χ3v) is 5.08. The van der Waals surface area contributed by atoms with Crippen LogP contribution in [0.1, 0.15) is 12.8 Å². The highest BCUT2D eigenvalue weighted by Crippen LogP contribution is 2.17. The van der Waals surface area contributed by atoms with Crippen LogP contribution in [0.5, 0.6) is 0 Å². The Hall–Kier alpha value is -1.14. The van der Waals surface area contributed by atoms with Crippen LogP contribution in [0, 0.1) is 0 Å². The van der Waals surface area contributed by atoms with E-state index in [1.54, 1.807) is 7.05 Å². The molecular formula is C17H30IN5O3S. The molecule has 154 valence electrons. The summed E-state index contributed by atoms with van der Waals surface area (Å²) >= 11 is 0.